The SMILES string of the molecule is CC(=O)N1CCCC1C(=O)NCCCCC(NC(=O)C1CCCN1C(C)=O)C(=O)N(CCCCNI)CCCNI. The molecule has 2 rings (SSSR count). The molecule has 0 radical (unpaired) electrons. The highest BCUT2D eigenvalue weighted by atomic mass is 127. The van der Waals surface area contributed by atoms with Crippen LogP contribution >= 0.6 is 45.7 Å². The third-order valence-electron chi connectivity index (χ3n) is 7.71. The molecule has 0 bridgehead atoms. The average molecular weight is 804 g/mol. The predicted molar refractivity (Wildman–Crippen MR) is 174 cm³/mol. The predicted octanol–water partition coefficient (Wildman–Crippen LogP) is 1.66. The van der Waals surface area contributed by atoms with Gasteiger partial charge < -0.3 is 25.3 Å². The molecule has 14 heteroatoms. The minimum absolute atomic E-state index is 0.0882. The van der Waals surface area contributed by atoms with Crippen molar-refractivity contribution < 1.29 is 24.0 Å². The molecule has 4 N–H and O–H groups in total. The topological polar surface area (TPSA) is 143 Å². The maximum absolute atomic E-state index is 13.8. The molecule has 2 saturated heterocycles. The van der Waals surface area contributed by atoms with Gasteiger partial charge in [-0.05, 0) is 64.2 Å². The fourth-order valence-electron chi connectivity index (χ4n) is 5.54. The smallest absolute Gasteiger partial charge is 0.245 e. The zero-order valence-electron chi connectivity index (χ0n) is 24.4. The Hall–Kier alpha value is -1.27. The van der Waals surface area contributed by atoms with Crippen LogP contribution in [0, 0.1) is 0 Å². The van der Waals surface area contributed by atoms with Crippen molar-refractivity contribution in [2.75, 3.05) is 45.8 Å². The van der Waals surface area contributed by atoms with Gasteiger partial charge >= 0.3 is 0 Å². The quantitative estimate of drug-likeness (QED) is 0.0939. The molecule has 0 aliphatic carbocycles. The molecular weight excluding hydrogens is 756 g/mol. The standard InChI is InChI=1S/C27H47I2N7O5/c1-20(37)35-18-7-11-23(35)25(39)30-13-4-3-10-22(33-26(40)24-12-8-19-36(24)21(2)38)27(41)34(17-9-15-32-29)16-6-5-14-31-28/h22-24,31-32H,3-19H2,1-2H3,(H,30,39)(H,33,40). The number of carbonyl (C=O) groups is 5. The van der Waals surface area contributed by atoms with Crippen LogP contribution in [0.1, 0.15) is 78.1 Å². The number of nitrogens with zero attached hydrogens (tertiary/aromatic N) is 3. The third-order valence-corrected chi connectivity index (χ3v) is 8.79. The minimum atomic E-state index is -0.703. The summed E-state index contributed by atoms with van der Waals surface area (Å²) in [5, 5.41) is 5.93. The molecule has 3 unspecified atom stereocenters. The van der Waals surface area contributed by atoms with Crippen molar-refractivity contribution >= 4 is 75.3 Å². The Labute approximate surface area is 272 Å². The van der Waals surface area contributed by atoms with E-state index in [0.29, 0.717) is 64.8 Å². The van der Waals surface area contributed by atoms with Crippen molar-refractivity contribution in [1.29, 1.82) is 0 Å². The van der Waals surface area contributed by atoms with Crippen LogP contribution in [-0.4, -0.2) is 108 Å². The van der Waals surface area contributed by atoms with E-state index in [0.717, 1.165) is 45.2 Å². The summed E-state index contributed by atoms with van der Waals surface area (Å²) in [6.45, 7) is 7.38. The summed E-state index contributed by atoms with van der Waals surface area (Å²) >= 11 is 4.21. The van der Waals surface area contributed by atoms with Crippen LogP contribution in [0.3, 0.4) is 0 Å². The molecule has 0 saturated carbocycles. The second kappa shape index (κ2) is 19.8. The second-order valence-corrected chi connectivity index (χ2v) is 12.3. The van der Waals surface area contributed by atoms with E-state index in [-0.39, 0.29) is 29.5 Å². The number of halogens is 2. The van der Waals surface area contributed by atoms with Gasteiger partial charge in [0.25, 0.3) is 0 Å². The molecule has 3 atom stereocenters. The number of unbranched alkanes of at least 4 members (excludes halogenated alkanes) is 2. The van der Waals surface area contributed by atoms with Crippen LogP contribution in [0.5, 0.6) is 0 Å². The van der Waals surface area contributed by atoms with Gasteiger partial charge in [0.05, 0.1) is 0 Å². The summed E-state index contributed by atoms with van der Waals surface area (Å²) in [7, 11) is 0. The molecule has 5 amide bonds. The van der Waals surface area contributed by atoms with Crippen molar-refractivity contribution in [3.05, 3.63) is 0 Å². The fraction of sp³-hybridized carbons (Fsp3) is 0.815. The summed E-state index contributed by atoms with van der Waals surface area (Å²) in [6, 6.07) is -1.67. The van der Waals surface area contributed by atoms with Gasteiger partial charge in [0.2, 0.25) is 29.5 Å². The minimum Gasteiger partial charge on any atom is -0.354 e. The Morgan fingerprint density at radius 1 is 0.756 bits per heavy atom. The highest BCUT2D eigenvalue weighted by Gasteiger charge is 2.35. The van der Waals surface area contributed by atoms with E-state index in [1.165, 1.54) is 13.8 Å². The van der Waals surface area contributed by atoms with Crippen molar-refractivity contribution in [2.24, 2.45) is 0 Å². The lowest BCUT2D eigenvalue weighted by molar-refractivity contribution is -0.140. The summed E-state index contributed by atoms with van der Waals surface area (Å²) in [5.74, 6) is -0.745. The van der Waals surface area contributed by atoms with Crippen LogP contribution in [0.4, 0.5) is 0 Å². The highest BCUT2D eigenvalue weighted by molar-refractivity contribution is 14.1. The van der Waals surface area contributed by atoms with Gasteiger partial charge in [-0.15, -0.1) is 0 Å². The van der Waals surface area contributed by atoms with Crippen molar-refractivity contribution in [3.63, 3.8) is 0 Å². The molecule has 41 heavy (non-hydrogen) atoms. The maximum atomic E-state index is 13.8. The Morgan fingerprint density at radius 2 is 1.29 bits per heavy atom. The number of hydrogen-bond acceptors (Lipinski definition) is 7. The molecule has 2 aliphatic rings. The Bertz CT molecular complexity index is 881. The van der Waals surface area contributed by atoms with E-state index in [9.17, 15) is 24.0 Å². The average Bonchev–Trinajstić information content (AvgIpc) is 3.64. The van der Waals surface area contributed by atoms with Crippen LogP contribution in [0.25, 0.3) is 0 Å². The van der Waals surface area contributed by atoms with Crippen LogP contribution < -0.4 is 17.7 Å². The first-order valence-corrected chi connectivity index (χ1v) is 16.9. The first-order chi connectivity index (χ1) is 19.7. The fourth-order valence-corrected chi connectivity index (χ4v) is 6.31. The molecule has 0 aromatic carbocycles. The first-order valence-electron chi connectivity index (χ1n) is 14.8. The molecule has 0 aromatic heterocycles. The highest BCUT2D eigenvalue weighted by Crippen LogP contribution is 2.19. The van der Waals surface area contributed by atoms with Gasteiger partial charge in [0, 0.05) is 105 Å². The van der Waals surface area contributed by atoms with E-state index in [1.807, 2.05) is 4.90 Å². The largest absolute Gasteiger partial charge is 0.354 e. The molecular formula is C27H47I2N7O5. The molecule has 234 valence electrons. The van der Waals surface area contributed by atoms with E-state index in [4.69, 9.17) is 0 Å². The summed E-state index contributed by atoms with van der Waals surface area (Å²) in [4.78, 5) is 68.6. The summed E-state index contributed by atoms with van der Waals surface area (Å²) in [5.41, 5.74) is 0. The number of nitrogens with one attached hydrogen (secondary N) is 4. The van der Waals surface area contributed by atoms with Gasteiger partial charge in [-0.2, -0.15) is 0 Å². The van der Waals surface area contributed by atoms with E-state index >= 15 is 0 Å². The first kappa shape index (κ1) is 35.9. The normalized spacial score (nSPS) is 19.2. The van der Waals surface area contributed by atoms with E-state index in [2.05, 4.69) is 63.4 Å². The number of rotatable bonds is 18. The molecule has 0 spiro atoms. The van der Waals surface area contributed by atoms with Crippen molar-refractivity contribution in [3.8, 4) is 0 Å². The van der Waals surface area contributed by atoms with Crippen LogP contribution in [0.15, 0.2) is 0 Å². The monoisotopic (exact) mass is 803 g/mol. The summed E-state index contributed by atoms with van der Waals surface area (Å²) in [6.07, 6.45) is 7.13. The Balaban J connectivity index is 2.01. The number of carbonyl (C=O) groups excluding carboxylic acids is 5. The zero-order chi connectivity index (χ0) is 30.2. The molecule has 2 heterocycles. The third kappa shape index (κ3) is 12.1. The zero-order valence-corrected chi connectivity index (χ0v) is 28.7. The van der Waals surface area contributed by atoms with Crippen molar-refractivity contribution in [2.45, 2.75) is 96.2 Å². The van der Waals surface area contributed by atoms with Crippen LogP contribution in [0.2, 0.25) is 0 Å². The molecule has 2 aliphatic heterocycles. The second-order valence-electron chi connectivity index (χ2n) is 10.7. The van der Waals surface area contributed by atoms with Gasteiger partial charge in [0.1, 0.15) is 18.1 Å². The van der Waals surface area contributed by atoms with Crippen molar-refractivity contribution in [1.82, 2.24) is 32.4 Å². The lowest BCUT2D eigenvalue weighted by Crippen LogP contribution is -2.54. The Kier molecular flexibility index (Phi) is 17.4. The molecule has 0 aromatic rings. The van der Waals surface area contributed by atoms with Crippen LogP contribution in [-0.2, 0) is 24.0 Å². The lowest BCUT2D eigenvalue weighted by Gasteiger charge is -2.30. The molecule has 2 fully saturated rings. The van der Waals surface area contributed by atoms with Gasteiger partial charge in [0.15, 0.2) is 0 Å². The number of likely N-dealkylation sites (tertiary alicyclic amines) is 2. The summed E-state index contributed by atoms with van der Waals surface area (Å²) < 4.78 is 6.20. The van der Waals surface area contributed by atoms with Gasteiger partial charge in [-0.1, -0.05) is 0 Å². The van der Waals surface area contributed by atoms with Gasteiger partial charge in [-0.25, -0.2) is 0 Å². The van der Waals surface area contributed by atoms with E-state index < -0.39 is 18.1 Å². The Morgan fingerprint density at radius 3 is 1.88 bits per heavy atom. The number of hydrogen-bond donors (Lipinski definition) is 4. The van der Waals surface area contributed by atoms with Gasteiger partial charge in [-0.3, -0.25) is 31.0 Å². The lowest BCUT2D eigenvalue weighted by atomic mass is 10.1. The van der Waals surface area contributed by atoms with E-state index in [1.54, 1.807) is 9.80 Å². The molecule has 12 nitrogen and oxygen atoms in total. The number of amides is 5. The maximum Gasteiger partial charge on any atom is 0.245 e.